The van der Waals surface area contributed by atoms with E-state index in [1.54, 1.807) is 0 Å². The summed E-state index contributed by atoms with van der Waals surface area (Å²) in [4.78, 5) is -0.333. The summed E-state index contributed by atoms with van der Waals surface area (Å²) in [5, 5.41) is 0. The third-order valence-electron chi connectivity index (χ3n) is 3.72. The van der Waals surface area contributed by atoms with E-state index in [1.165, 1.54) is 23.4 Å². The molecule has 1 heterocycles. The van der Waals surface area contributed by atoms with Crippen LogP contribution in [0.3, 0.4) is 0 Å². The van der Waals surface area contributed by atoms with Gasteiger partial charge in [-0.25, -0.2) is 8.42 Å². The Balaban J connectivity index is 2.46. The van der Waals surface area contributed by atoms with Crippen molar-refractivity contribution in [1.82, 2.24) is 4.31 Å². The van der Waals surface area contributed by atoms with Crippen molar-refractivity contribution in [3.05, 3.63) is 29.3 Å². The molecule has 0 saturated carbocycles. The highest BCUT2D eigenvalue weighted by Gasteiger charge is 2.37. The fourth-order valence-corrected chi connectivity index (χ4v) is 4.29. The number of hydrogen-bond acceptors (Lipinski definition) is 3. The summed E-state index contributed by atoms with van der Waals surface area (Å²) in [6.45, 7) is 1.76. The van der Waals surface area contributed by atoms with Crippen LogP contribution in [-0.2, 0) is 16.2 Å². The summed E-state index contributed by atoms with van der Waals surface area (Å²) >= 11 is 0. The lowest BCUT2D eigenvalue weighted by atomic mass is 10.1. The van der Waals surface area contributed by atoms with Gasteiger partial charge in [0, 0.05) is 19.1 Å². The Bertz CT molecular complexity index is 629. The predicted octanol–water partition coefficient (Wildman–Crippen LogP) is 2.13. The van der Waals surface area contributed by atoms with Gasteiger partial charge in [-0.15, -0.1) is 0 Å². The lowest BCUT2D eigenvalue weighted by molar-refractivity contribution is -0.138. The largest absolute Gasteiger partial charge is 0.416 e. The smallest absolute Gasteiger partial charge is 0.329 e. The zero-order valence-corrected chi connectivity index (χ0v) is 12.3. The number of halogens is 3. The molecule has 2 rings (SSSR count). The second-order valence-electron chi connectivity index (χ2n) is 5.12. The monoisotopic (exact) mass is 322 g/mol. The lowest BCUT2D eigenvalue weighted by Gasteiger charge is -2.23. The molecule has 0 bridgehead atoms. The molecule has 1 aliphatic heterocycles. The fraction of sp³-hybridized carbons (Fsp3) is 0.538. The molecule has 118 valence electrons. The number of rotatable bonds is 3. The molecule has 0 radical (unpaired) electrons. The van der Waals surface area contributed by atoms with Gasteiger partial charge in [0.2, 0.25) is 10.0 Å². The second kappa shape index (κ2) is 5.58. The van der Waals surface area contributed by atoms with Crippen LogP contribution in [0.5, 0.6) is 0 Å². The van der Waals surface area contributed by atoms with Crippen molar-refractivity contribution in [2.45, 2.75) is 36.9 Å². The minimum Gasteiger partial charge on any atom is -0.329 e. The summed E-state index contributed by atoms with van der Waals surface area (Å²) in [7, 11) is -3.95. The third-order valence-corrected chi connectivity index (χ3v) is 5.66. The maximum atomic E-state index is 12.9. The number of aryl methyl sites for hydroxylation is 1. The lowest BCUT2D eigenvalue weighted by Crippen LogP contribution is -2.39. The van der Waals surface area contributed by atoms with Gasteiger partial charge in [-0.1, -0.05) is 6.07 Å². The van der Waals surface area contributed by atoms with Gasteiger partial charge in [-0.3, -0.25) is 0 Å². The van der Waals surface area contributed by atoms with Crippen LogP contribution >= 0.6 is 0 Å². The standard InChI is InChI=1S/C13H17F3N2O2S/c1-9-4-5-11(7-12(9)13(14,15)16)21(19,20)18-6-2-3-10(18)8-17/h4-5,7,10H,2-3,6,8,17H2,1H3. The molecule has 2 N–H and O–H groups in total. The topological polar surface area (TPSA) is 63.4 Å². The van der Waals surface area contributed by atoms with Gasteiger partial charge in [0.25, 0.3) is 0 Å². The van der Waals surface area contributed by atoms with E-state index in [2.05, 4.69) is 0 Å². The van der Waals surface area contributed by atoms with Gasteiger partial charge >= 0.3 is 6.18 Å². The second-order valence-corrected chi connectivity index (χ2v) is 7.01. The van der Waals surface area contributed by atoms with E-state index in [1.807, 2.05) is 0 Å². The molecule has 1 aliphatic rings. The predicted molar refractivity (Wildman–Crippen MR) is 72.1 cm³/mol. The van der Waals surface area contributed by atoms with E-state index in [-0.39, 0.29) is 23.0 Å². The summed E-state index contributed by atoms with van der Waals surface area (Å²) < 4.78 is 64.9. The molecule has 0 aromatic heterocycles. The third kappa shape index (κ3) is 3.07. The van der Waals surface area contributed by atoms with Gasteiger partial charge in [-0.05, 0) is 37.5 Å². The number of hydrogen-bond donors (Lipinski definition) is 1. The molecule has 0 amide bonds. The highest BCUT2D eigenvalue weighted by molar-refractivity contribution is 7.89. The Morgan fingerprint density at radius 2 is 2.05 bits per heavy atom. The van der Waals surface area contributed by atoms with E-state index in [4.69, 9.17) is 5.73 Å². The van der Waals surface area contributed by atoms with Crippen LogP contribution in [0.25, 0.3) is 0 Å². The first-order valence-electron chi connectivity index (χ1n) is 6.57. The van der Waals surface area contributed by atoms with Crippen molar-refractivity contribution < 1.29 is 21.6 Å². The summed E-state index contributed by atoms with van der Waals surface area (Å²) in [5.74, 6) is 0. The minimum absolute atomic E-state index is 0.00162. The molecule has 0 aliphatic carbocycles. The first kappa shape index (κ1) is 16.3. The first-order chi connectivity index (χ1) is 9.67. The van der Waals surface area contributed by atoms with Crippen LogP contribution in [0.15, 0.2) is 23.1 Å². The highest BCUT2D eigenvalue weighted by Crippen LogP contribution is 2.34. The molecule has 4 nitrogen and oxygen atoms in total. The van der Waals surface area contributed by atoms with E-state index in [0.29, 0.717) is 25.5 Å². The van der Waals surface area contributed by atoms with Crippen LogP contribution in [-0.4, -0.2) is 31.9 Å². The Morgan fingerprint density at radius 3 is 2.62 bits per heavy atom. The van der Waals surface area contributed by atoms with E-state index >= 15 is 0 Å². The van der Waals surface area contributed by atoms with Gasteiger partial charge in [0.15, 0.2) is 0 Å². The van der Waals surface area contributed by atoms with Crippen molar-refractivity contribution in [3.63, 3.8) is 0 Å². The molecule has 1 unspecified atom stereocenters. The minimum atomic E-state index is -4.58. The fourth-order valence-electron chi connectivity index (χ4n) is 2.56. The number of benzene rings is 1. The van der Waals surface area contributed by atoms with Gasteiger partial charge in [0.1, 0.15) is 0 Å². The Morgan fingerprint density at radius 1 is 1.38 bits per heavy atom. The van der Waals surface area contributed by atoms with Gasteiger partial charge in [-0.2, -0.15) is 17.5 Å². The molecule has 1 aromatic carbocycles. The van der Waals surface area contributed by atoms with Crippen LogP contribution < -0.4 is 5.73 Å². The van der Waals surface area contributed by atoms with Crippen LogP contribution in [0, 0.1) is 6.92 Å². The molecule has 21 heavy (non-hydrogen) atoms. The summed E-state index contributed by atoms with van der Waals surface area (Å²) in [5.41, 5.74) is 4.61. The number of sulfonamides is 1. The van der Waals surface area contributed by atoms with Crippen LogP contribution in [0.4, 0.5) is 13.2 Å². The molecule has 1 fully saturated rings. The number of alkyl halides is 3. The molecule has 1 saturated heterocycles. The molecule has 8 heteroatoms. The molecule has 0 spiro atoms. The average molecular weight is 322 g/mol. The zero-order valence-electron chi connectivity index (χ0n) is 11.5. The van der Waals surface area contributed by atoms with Gasteiger partial charge < -0.3 is 5.73 Å². The number of nitrogens with two attached hydrogens (primary N) is 1. The zero-order chi connectivity index (χ0) is 15.8. The average Bonchev–Trinajstić information content (AvgIpc) is 2.86. The quantitative estimate of drug-likeness (QED) is 0.927. The maximum Gasteiger partial charge on any atom is 0.416 e. The first-order valence-corrected chi connectivity index (χ1v) is 8.01. The normalized spacial score (nSPS) is 20.9. The number of nitrogens with zero attached hydrogens (tertiary/aromatic N) is 1. The van der Waals surface area contributed by atoms with Crippen molar-refractivity contribution in [1.29, 1.82) is 0 Å². The van der Waals surface area contributed by atoms with E-state index in [0.717, 1.165) is 0 Å². The highest BCUT2D eigenvalue weighted by atomic mass is 32.2. The van der Waals surface area contributed by atoms with Crippen molar-refractivity contribution in [2.24, 2.45) is 5.73 Å². The molecule has 1 aromatic rings. The van der Waals surface area contributed by atoms with Crippen LogP contribution in [0.1, 0.15) is 24.0 Å². The summed E-state index contributed by atoms with van der Waals surface area (Å²) in [6.07, 6.45) is -3.28. The Labute approximate surface area is 121 Å². The van der Waals surface area contributed by atoms with E-state index in [9.17, 15) is 21.6 Å². The SMILES string of the molecule is Cc1ccc(S(=O)(=O)N2CCCC2CN)cc1C(F)(F)F. The Kier molecular flexibility index (Phi) is 4.32. The van der Waals surface area contributed by atoms with Crippen LogP contribution in [0.2, 0.25) is 0 Å². The van der Waals surface area contributed by atoms with Crippen molar-refractivity contribution in [3.8, 4) is 0 Å². The summed E-state index contributed by atoms with van der Waals surface area (Å²) in [6, 6.07) is 2.76. The van der Waals surface area contributed by atoms with Crippen molar-refractivity contribution in [2.75, 3.05) is 13.1 Å². The van der Waals surface area contributed by atoms with Crippen molar-refractivity contribution >= 4 is 10.0 Å². The molecular weight excluding hydrogens is 305 g/mol. The maximum absolute atomic E-state index is 12.9. The molecule has 1 atom stereocenters. The molecular formula is C13H17F3N2O2S. The van der Waals surface area contributed by atoms with Gasteiger partial charge in [0.05, 0.1) is 10.5 Å². The Hall–Kier alpha value is -1.12. The van der Waals surface area contributed by atoms with E-state index < -0.39 is 21.8 Å².